The van der Waals surface area contributed by atoms with E-state index in [9.17, 15) is 0 Å². The van der Waals surface area contributed by atoms with E-state index in [1.54, 1.807) is 5.51 Å². The van der Waals surface area contributed by atoms with Gasteiger partial charge in [-0.25, -0.2) is 8.72 Å². The van der Waals surface area contributed by atoms with Crippen LogP contribution in [0, 0.1) is 6.20 Å². The van der Waals surface area contributed by atoms with Crippen LogP contribution in [0.2, 0.25) is 0 Å². The van der Waals surface area contributed by atoms with E-state index in [1.165, 1.54) is 47.0 Å². The monoisotopic (exact) mass is 341 g/mol. The second-order valence-electron chi connectivity index (χ2n) is 3.46. The standard InChI is InChI=1S/C8H5N8S4/c1-5(8-13-9-4-17-8)19-16(10-1)7-2-11-20-15(7)6-3-18-14-12-6/h2-4,10-11H. The highest BCUT2D eigenvalue weighted by molar-refractivity contribution is 8.06. The molecule has 20 heavy (non-hydrogen) atoms. The van der Waals surface area contributed by atoms with Crippen molar-refractivity contribution in [1.29, 1.82) is 0 Å². The molecule has 4 heterocycles. The molecule has 1 radical (unpaired) electrons. The molecule has 2 N–H and O–H groups in total. The van der Waals surface area contributed by atoms with Crippen molar-refractivity contribution in [2.75, 3.05) is 4.31 Å². The smallest absolute Gasteiger partial charge is 0.181 e. The van der Waals surface area contributed by atoms with Crippen LogP contribution in [0.25, 0.3) is 4.91 Å². The first-order valence-corrected chi connectivity index (χ1v) is 8.51. The molecule has 0 spiro atoms. The molecule has 2 aromatic rings. The fourth-order valence-electron chi connectivity index (χ4n) is 1.50. The minimum atomic E-state index is 0.781. The van der Waals surface area contributed by atoms with Crippen molar-refractivity contribution in [2.24, 2.45) is 0 Å². The Kier molecular flexibility index (Phi) is 3.14. The quantitative estimate of drug-likeness (QED) is 0.800. The number of nitrogens with one attached hydrogen (secondary N) is 2. The second-order valence-corrected chi connectivity index (χ2v) is 6.65. The van der Waals surface area contributed by atoms with Crippen LogP contribution in [-0.2, 0) is 0 Å². The fraction of sp³-hybridized carbons (Fsp3) is 0. The molecule has 0 saturated carbocycles. The maximum absolute atomic E-state index is 4.07. The Balaban J connectivity index is 1.52. The number of rotatable bonds is 3. The summed E-state index contributed by atoms with van der Waals surface area (Å²) in [5.41, 5.74) is 4.77. The van der Waals surface area contributed by atoms with Crippen molar-refractivity contribution in [3.63, 3.8) is 0 Å². The molecule has 8 nitrogen and oxygen atoms in total. The van der Waals surface area contributed by atoms with Gasteiger partial charge >= 0.3 is 0 Å². The zero-order valence-corrected chi connectivity index (χ0v) is 12.8. The van der Waals surface area contributed by atoms with Gasteiger partial charge in [0.2, 0.25) is 0 Å². The van der Waals surface area contributed by atoms with Crippen LogP contribution in [-0.4, -0.2) is 24.2 Å². The first-order chi connectivity index (χ1) is 9.92. The van der Waals surface area contributed by atoms with E-state index >= 15 is 0 Å². The SMILES string of the molecule is [C]1=C(c2nncs2)SN(C2=CNSN2c2csnn2)N1. The van der Waals surface area contributed by atoms with Crippen molar-refractivity contribution in [3.05, 3.63) is 34.1 Å². The van der Waals surface area contributed by atoms with E-state index in [0.717, 1.165) is 21.6 Å². The molecular formula is C8H5N8S4. The van der Waals surface area contributed by atoms with Crippen molar-refractivity contribution in [2.45, 2.75) is 0 Å². The minimum absolute atomic E-state index is 0.781. The van der Waals surface area contributed by atoms with Gasteiger partial charge in [-0.1, -0.05) is 15.8 Å². The molecule has 0 fully saturated rings. The van der Waals surface area contributed by atoms with E-state index in [0.29, 0.717) is 0 Å². The average molecular weight is 341 g/mol. The molecule has 101 valence electrons. The maximum atomic E-state index is 4.07. The molecule has 0 aromatic carbocycles. The van der Waals surface area contributed by atoms with Crippen molar-refractivity contribution >= 4 is 57.7 Å². The van der Waals surface area contributed by atoms with E-state index < -0.39 is 0 Å². The molecular weight excluding hydrogens is 336 g/mol. The van der Waals surface area contributed by atoms with Crippen LogP contribution >= 0.6 is 47.0 Å². The normalized spacial score (nSPS) is 17.8. The highest BCUT2D eigenvalue weighted by atomic mass is 32.2. The fourth-order valence-corrected chi connectivity index (χ4v) is 4.13. The summed E-state index contributed by atoms with van der Waals surface area (Å²) in [5, 5.41) is 14.7. The maximum Gasteiger partial charge on any atom is 0.181 e. The first kappa shape index (κ1) is 12.3. The second kappa shape index (κ2) is 5.12. The Bertz CT molecular complexity index is 650. The van der Waals surface area contributed by atoms with E-state index in [4.69, 9.17) is 0 Å². The number of anilines is 1. The lowest BCUT2D eigenvalue weighted by atomic mass is 10.6. The Labute approximate surface area is 130 Å². The summed E-state index contributed by atoms with van der Waals surface area (Å²) in [6.45, 7) is 0. The van der Waals surface area contributed by atoms with Gasteiger partial charge in [0.1, 0.15) is 11.7 Å². The average Bonchev–Trinajstić information content (AvgIpc) is 3.23. The van der Waals surface area contributed by atoms with Crippen LogP contribution in [0.1, 0.15) is 5.01 Å². The van der Waals surface area contributed by atoms with Gasteiger partial charge in [0.15, 0.2) is 16.6 Å². The van der Waals surface area contributed by atoms with Crippen LogP contribution in [0.4, 0.5) is 5.82 Å². The van der Waals surface area contributed by atoms with Gasteiger partial charge in [0, 0.05) is 11.9 Å². The number of hydrogen-bond donors (Lipinski definition) is 2. The van der Waals surface area contributed by atoms with E-state index in [1.807, 2.05) is 20.3 Å². The molecule has 0 aliphatic carbocycles. The zero-order valence-electron chi connectivity index (χ0n) is 9.55. The molecule has 4 rings (SSSR count). The minimum Gasteiger partial charge on any atom is -0.315 e. The zero-order chi connectivity index (χ0) is 13.4. The summed E-state index contributed by atoms with van der Waals surface area (Å²) >= 11 is 5.72. The van der Waals surface area contributed by atoms with Crippen LogP contribution in [0.15, 0.2) is 22.9 Å². The molecule has 12 heteroatoms. The Morgan fingerprint density at radius 2 is 2.30 bits per heavy atom. The predicted molar refractivity (Wildman–Crippen MR) is 80.3 cm³/mol. The van der Waals surface area contributed by atoms with Crippen LogP contribution in [0.5, 0.6) is 0 Å². The summed E-state index contributed by atoms with van der Waals surface area (Å²) in [7, 11) is 0. The molecule has 2 aromatic heterocycles. The van der Waals surface area contributed by atoms with E-state index in [-0.39, 0.29) is 0 Å². The van der Waals surface area contributed by atoms with Crippen LogP contribution in [0.3, 0.4) is 0 Å². The van der Waals surface area contributed by atoms with Crippen LogP contribution < -0.4 is 14.5 Å². The predicted octanol–water partition coefficient (Wildman–Crippen LogP) is 1.43. The molecule has 0 amide bonds. The summed E-state index contributed by atoms with van der Waals surface area (Å²) in [6.07, 6.45) is 4.96. The molecule has 2 aliphatic rings. The highest BCUT2D eigenvalue weighted by Crippen LogP contribution is 2.40. The van der Waals surface area contributed by atoms with Gasteiger partial charge in [0.25, 0.3) is 0 Å². The number of hydrogen-bond acceptors (Lipinski definition) is 12. The number of aromatic nitrogens is 4. The van der Waals surface area contributed by atoms with Crippen molar-refractivity contribution in [1.82, 2.24) is 34.3 Å². The lowest BCUT2D eigenvalue weighted by molar-refractivity contribution is 0.498. The third kappa shape index (κ3) is 2.09. The third-order valence-corrected chi connectivity index (χ3v) is 5.36. The largest absolute Gasteiger partial charge is 0.315 e. The van der Waals surface area contributed by atoms with Gasteiger partial charge in [-0.15, -0.1) is 15.3 Å². The molecule has 0 saturated heterocycles. The molecule has 0 bridgehead atoms. The summed E-state index contributed by atoms with van der Waals surface area (Å²) in [4.78, 5) is 0.904. The topological polar surface area (TPSA) is 82.1 Å². The lowest BCUT2D eigenvalue weighted by Gasteiger charge is -2.23. The molecule has 0 atom stereocenters. The lowest BCUT2D eigenvalue weighted by Crippen LogP contribution is -2.30. The van der Waals surface area contributed by atoms with Gasteiger partial charge in [-0.3, -0.25) is 5.43 Å². The summed E-state index contributed by atoms with van der Waals surface area (Å²) in [5.74, 6) is 1.68. The number of nitrogens with zero attached hydrogens (tertiary/aromatic N) is 6. The van der Waals surface area contributed by atoms with E-state index in [2.05, 4.69) is 36.1 Å². The van der Waals surface area contributed by atoms with Gasteiger partial charge in [-0.05, 0) is 11.5 Å². The highest BCUT2D eigenvalue weighted by Gasteiger charge is 2.30. The van der Waals surface area contributed by atoms with Gasteiger partial charge in [-0.2, -0.15) is 0 Å². The number of hydrazine groups is 1. The molecule has 0 unspecified atom stereocenters. The van der Waals surface area contributed by atoms with Crippen molar-refractivity contribution in [3.8, 4) is 0 Å². The first-order valence-electron chi connectivity index (χ1n) is 5.25. The van der Waals surface area contributed by atoms with Crippen molar-refractivity contribution < 1.29 is 0 Å². The summed E-state index contributed by atoms with van der Waals surface area (Å²) < 4.78 is 10.8. The Hall–Kier alpha value is -1.50. The Morgan fingerprint density at radius 3 is 3.10 bits per heavy atom. The van der Waals surface area contributed by atoms with Gasteiger partial charge < -0.3 is 4.72 Å². The summed E-state index contributed by atoms with van der Waals surface area (Å²) in [6, 6.07) is 0. The third-order valence-electron chi connectivity index (χ3n) is 2.31. The van der Waals surface area contributed by atoms with Gasteiger partial charge in [0.05, 0.1) is 28.6 Å². The Morgan fingerprint density at radius 1 is 1.30 bits per heavy atom. The molecule has 2 aliphatic heterocycles.